The molecule has 7 heteroatoms. The van der Waals surface area contributed by atoms with Crippen molar-refractivity contribution in [3.8, 4) is 11.8 Å². The van der Waals surface area contributed by atoms with Gasteiger partial charge in [-0.05, 0) is 37.3 Å². The van der Waals surface area contributed by atoms with Gasteiger partial charge < -0.3 is 14.8 Å². The first kappa shape index (κ1) is 19.3. The quantitative estimate of drug-likeness (QED) is 0.752. The fraction of sp³-hybridized carbons (Fsp3) is 0.211. The van der Waals surface area contributed by atoms with Gasteiger partial charge in [-0.15, -0.1) is 0 Å². The van der Waals surface area contributed by atoms with Crippen LogP contribution < -0.4 is 10.1 Å². The average molecular weight is 373 g/mol. The van der Waals surface area contributed by atoms with Crippen molar-refractivity contribution in [1.82, 2.24) is 0 Å². The molecule has 0 aliphatic rings. The molecule has 6 nitrogen and oxygen atoms in total. The molecule has 0 aliphatic carbocycles. The molecular weight excluding hydrogens is 356 g/mol. The minimum Gasteiger partial charge on any atom is -0.493 e. The molecule has 0 spiro atoms. The summed E-state index contributed by atoms with van der Waals surface area (Å²) in [6.07, 6.45) is 0.0156. The fourth-order valence-corrected chi connectivity index (χ4v) is 2.18. The van der Waals surface area contributed by atoms with Crippen LogP contribution in [0.1, 0.15) is 17.5 Å². The van der Waals surface area contributed by atoms with Crippen LogP contribution in [0.25, 0.3) is 0 Å². The largest absolute Gasteiger partial charge is 0.493 e. The Labute approximate surface area is 156 Å². The number of nitrogens with zero attached hydrogens (tertiary/aromatic N) is 1. The number of nitriles is 1. The molecule has 0 fully saturated rings. The third kappa shape index (κ3) is 6.11. The molecule has 1 N–H and O–H groups in total. The van der Waals surface area contributed by atoms with E-state index >= 15 is 0 Å². The van der Waals surface area contributed by atoms with Gasteiger partial charge in [0, 0.05) is 5.02 Å². The van der Waals surface area contributed by atoms with Gasteiger partial charge in [0.05, 0.1) is 24.3 Å². The number of carbonyl (C=O) groups excluding carboxylic acids is 2. The molecule has 0 saturated carbocycles. The molecule has 1 amide bonds. The van der Waals surface area contributed by atoms with Crippen molar-refractivity contribution in [2.75, 3.05) is 18.5 Å². The van der Waals surface area contributed by atoms with E-state index in [9.17, 15) is 9.59 Å². The highest BCUT2D eigenvalue weighted by atomic mass is 35.5. The van der Waals surface area contributed by atoms with Crippen molar-refractivity contribution in [3.05, 3.63) is 58.6 Å². The lowest BCUT2D eigenvalue weighted by molar-refractivity contribution is -0.147. The Kier molecular flexibility index (Phi) is 7.01. The van der Waals surface area contributed by atoms with Crippen LogP contribution in [0.5, 0.6) is 5.75 Å². The zero-order valence-corrected chi connectivity index (χ0v) is 14.9. The number of benzene rings is 2. The van der Waals surface area contributed by atoms with Gasteiger partial charge in [0.25, 0.3) is 5.91 Å². The molecule has 2 aromatic rings. The number of anilines is 1. The van der Waals surface area contributed by atoms with E-state index in [1.54, 1.807) is 6.07 Å². The summed E-state index contributed by atoms with van der Waals surface area (Å²) in [5.41, 5.74) is 1.64. The summed E-state index contributed by atoms with van der Waals surface area (Å²) in [5.74, 6) is -0.457. The Bertz CT molecular complexity index is 828. The summed E-state index contributed by atoms with van der Waals surface area (Å²) in [5, 5.41) is 11.9. The predicted molar refractivity (Wildman–Crippen MR) is 97.0 cm³/mol. The van der Waals surface area contributed by atoms with Crippen molar-refractivity contribution in [3.63, 3.8) is 0 Å². The van der Waals surface area contributed by atoms with Crippen LogP contribution in [0, 0.1) is 18.3 Å². The van der Waals surface area contributed by atoms with E-state index in [1.807, 2.05) is 37.3 Å². The first-order chi connectivity index (χ1) is 12.5. The van der Waals surface area contributed by atoms with Gasteiger partial charge in [-0.1, -0.05) is 29.3 Å². The predicted octanol–water partition coefficient (Wildman–Crippen LogP) is 3.47. The zero-order valence-electron chi connectivity index (χ0n) is 14.1. The van der Waals surface area contributed by atoms with Gasteiger partial charge in [0.1, 0.15) is 11.8 Å². The summed E-state index contributed by atoms with van der Waals surface area (Å²) in [6.45, 7) is 1.66. The number of carbonyl (C=O) groups is 2. The maximum atomic E-state index is 11.9. The van der Waals surface area contributed by atoms with E-state index in [0.29, 0.717) is 10.8 Å². The molecule has 0 bridgehead atoms. The summed E-state index contributed by atoms with van der Waals surface area (Å²) in [6, 6.07) is 13.9. The lowest BCUT2D eigenvalue weighted by atomic mass is 10.2. The van der Waals surface area contributed by atoms with Crippen LogP contribution in [0.3, 0.4) is 0 Å². The van der Waals surface area contributed by atoms with E-state index < -0.39 is 18.5 Å². The number of ether oxygens (including phenoxy) is 2. The molecular formula is C19H17ClN2O4. The number of halogens is 1. The van der Waals surface area contributed by atoms with E-state index in [0.717, 1.165) is 5.56 Å². The van der Waals surface area contributed by atoms with Crippen LogP contribution >= 0.6 is 11.6 Å². The maximum absolute atomic E-state index is 11.9. The molecule has 0 saturated heterocycles. The molecule has 2 rings (SSSR count). The van der Waals surface area contributed by atoms with Crippen molar-refractivity contribution < 1.29 is 19.1 Å². The highest BCUT2D eigenvalue weighted by Crippen LogP contribution is 2.20. The molecule has 2 aromatic carbocycles. The smallest absolute Gasteiger partial charge is 0.309 e. The molecule has 26 heavy (non-hydrogen) atoms. The summed E-state index contributed by atoms with van der Waals surface area (Å²) in [4.78, 5) is 23.5. The molecule has 134 valence electrons. The van der Waals surface area contributed by atoms with Crippen molar-refractivity contribution in [2.24, 2.45) is 0 Å². The Hall–Kier alpha value is -3.04. The van der Waals surface area contributed by atoms with Gasteiger partial charge in [0.15, 0.2) is 6.61 Å². The van der Waals surface area contributed by atoms with Crippen LogP contribution in [-0.4, -0.2) is 25.1 Å². The SMILES string of the molecule is Cc1ccc(OCCC(=O)OCC(=O)Nc2cc(Cl)ccc2C#N)cc1. The standard InChI is InChI=1S/C19H17ClN2O4/c1-13-2-6-16(7-3-13)25-9-8-19(24)26-12-18(23)22-17-10-15(20)5-4-14(17)11-21/h2-7,10H,8-9,12H2,1H3,(H,22,23). The van der Waals surface area contributed by atoms with E-state index in [1.165, 1.54) is 12.1 Å². The van der Waals surface area contributed by atoms with Crippen LogP contribution in [0.2, 0.25) is 5.02 Å². The van der Waals surface area contributed by atoms with Gasteiger partial charge in [-0.25, -0.2) is 0 Å². The number of rotatable bonds is 7. The highest BCUT2D eigenvalue weighted by Gasteiger charge is 2.11. The zero-order chi connectivity index (χ0) is 18.9. The van der Waals surface area contributed by atoms with Crippen LogP contribution in [0.4, 0.5) is 5.69 Å². The molecule has 0 aromatic heterocycles. The number of nitrogens with one attached hydrogen (secondary N) is 1. The Morgan fingerprint density at radius 2 is 1.92 bits per heavy atom. The normalized spacial score (nSPS) is 9.88. The summed E-state index contributed by atoms with van der Waals surface area (Å²) < 4.78 is 10.3. The van der Waals surface area contributed by atoms with Crippen molar-refractivity contribution >= 4 is 29.2 Å². The van der Waals surface area contributed by atoms with Gasteiger partial charge in [-0.3, -0.25) is 9.59 Å². The van der Waals surface area contributed by atoms with Crippen LogP contribution in [-0.2, 0) is 14.3 Å². The second kappa shape index (κ2) is 9.44. The fourth-order valence-electron chi connectivity index (χ4n) is 2.01. The summed E-state index contributed by atoms with van der Waals surface area (Å²) >= 11 is 5.84. The third-order valence-electron chi connectivity index (χ3n) is 3.34. The average Bonchev–Trinajstić information content (AvgIpc) is 2.62. The third-order valence-corrected chi connectivity index (χ3v) is 3.57. The first-order valence-corrected chi connectivity index (χ1v) is 8.20. The number of aryl methyl sites for hydroxylation is 1. The van der Waals surface area contributed by atoms with Crippen molar-refractivity contribution in [1.29, 1.82) is 5.26 Å². The Morgan fingerprint density at radius 3 is 2.62 bits per heavy atom. The maximum Gasteiger partial charge on any atom is 0.309 e. The molecule has 0 aliphatic heterocycles. The minimum atomic E-state index is -0.559. The van der Waals surface area contributed by atoms with Gasteiger partial charge in [-0.2, -0.15) is 5.26 Å². The monoisotopic (exact) mass is 372 g/mol. The van der Waals surface area contributed by atoms with E-state index in [4.69, 9.17) is 26.3 Å². The number of esters is 1. The topological polar surface area (TPSA) is 88.4 Å². The second-order valence-corrected chi connectivity index (χ2v) is 5.86. The number of hydrogen-bond donors (Lipinski definition) is 1. The molecule has 0 atom stereocenters. The Morgan fingerprint density at radius 1 is 1.19 bits per heavy atom. The van der Waals surface area contributed by atoms with E-state index in [-0.39, 0.29) is 24.3 Å². The van der Waals surface area contributed by atoms with Crippen LogP contribution in [0.15, 0.2) is 42.5 Å². The lowest BCUT2D eigenvalue weighted by Gasteiger charge is -2.09. The van der Waals surface area contributed by atoms with E-state index in [2.05, 4.69) is 5.32 Å². The lowest BCUT2D eigenvalue weighted by Crippen LogP contribution is -2.22. The molecule has 0 heterocycles. The highest BCUT2D eigenvalue weighted by molar-refractivity contribution is 6.31. The van der Waals surface area contributed by atoms with Gasteiger partial charge in [0.2, 0.25) is 0 Å². The minimum absolute atomic E-state index is 0.0156. The number of hydrogen-bond acceptors (Lipinski definition) is 5. The first-order valence-electron chi connectivity index (χ1n) is 7.82. The van der Waals surface area contributed by atoms with Crippen molar-refractivity contribution in [2.45, 2.75) is 13.3 Å². The number of amides is 1. The summed E-state index contributed by atoms with van der Waals surface area (Å²) in [7, 11) is 0. The molecule has 0 unspecified atom stereocenters. The molecule has 0 radical (unpaired) electrons. The van der Waals surface area contributed by atoms with Gasteiger partial charge >= 0.3 is 5.97 Å². The Balaban J connectivity index is 1.73. The second-order valence-electron chi connectivity index (χ2n) is 5.42.